The molecule has 3 aromatic rings. The summed E-state index contributed by atoms with van der Waals surface area (Å²) in [5.41, 5.74) is 1.31. The average molecular weight is 283 g/mol. The van der Waals surface area contributed by atoms with E-state index >= 15 is 0 Å². The van der Waals surface area contributed by atoms with Crippen LogP contribution < -0.4 is 0 Å². The van der Waals surface area contributed by atoms with Gasteiger partial charge in [0.1, 0.15) is 12.2 Å². The zero-order valence-corrected chi connectivity index (χ0v) is 12.6. The lowest BCUT2D eigenvalue weighted by molar-refractivity contribution is 0.305. The summed E-state index contributed by atoms with van der Waals surface area (Å²) in [4.78, 5) is 2.34. The lowest BCUT2D eigenvalue weighted by Gasteiger charge is -2.17. The SMILES string of the molecule is Cc1nncn1CCN(C)CCn1ccc2ccccc21. The van der Waals surface area contributed by atoms with E-state index in [1.165, 1.54) is 10.9 Å². The second-order valence-corrected chi connectivity index (χ2v) is 5.44. The summed E-state index contributed by atoms with van der Waals surface area (Å²) < 4.78 is 4.40. The predicted molar refractivity (Wildman–Crippen MR) is 84.2 cm³/mol. The minimum atomic E-state index is 0.932. The van der Waals surface area contributed by atoms with E-state index in [-0.39, 0.29) is 0 Å². The van der Waals surface area contributed by atoms with Crippen LogP contribution in [-0.4, -0.2) is 44.4 Å². The van der Waals surface area contributed by atoms with E-state index in [1.54, 1.807) is 6.33 Å². The number of hydrogen-bond donors (Lipinski definition) is 0. The molecule has 0 N–H and O–H groups in total. The first-order valence-corrected chi connectivity index (χ1v) is 7.31. The van der Waals surface area contributed by atoms with Crippen LogP contribution in [0.1, 0.15) is 5.82 Å². The molecule has 0 atom stereocenters. The standard InChI is InChI=1S/C16H21N5/c1-14-18-17-13-21(14)12-10-19(2)9-11-20-8-7-15-5-3-4-6-16(15)20/h3-8,13H,9-12H2,1-2H3. The zero-order valence-electron chi connectivity index (χ0n) is 12.6. The van der Waals surface area contributed by atoms with E-state index < -0.39 is 0 Å². The van der Waals surface area contributed by atoms with Crippen molar-refractivity contribution in [2.24, 2.45) is 0 Å². The quantitative estimate of drug-likeness (QED) is 0.696. The summed E-state index contributed by atoms with van der Waals surface area (Å²) in [7, 11) is 2.16. The largest absolute Gasteiger partial charge is 0.346 e. The maximum Gasteiger partial charge on any atom is 0.129 e. The molecule has 0 bridgehead atoms. The number of fused-ring (bicyclic) bond motifs is 1. The topological polar surface area (TPSA) is 38.9 Å². The van der Waals surface area contributed by atoms with Gasteiger partial charge in [0.2, 0.25) is 0 Å². The Morgan fingerprint density at radius 1 is 1.05 bits per heavy atom. The molecule has 21 heavy (non-hydrogen) atoms. The van der Waals surface area contributed by atoms with Crippen LogP contribution in [0.3, 0.4) is 0 Å². The number of hydrogen-bond acceptors (Lipinski definition) is 3. The van der Waals surface area contributed by atoms with Gasteiger partial charge in [-0.15, -0.1) is 10.2 Å². The molecule has 3 rings (SSSR count). The molecule has 0 saturated heterocycles. The highest BCUT2D eigenvalue weighted by Crippen LogP contribution is 2.14. The molecule has 0 amide bonds. The van der Waals surface area contributed by atoms with Crippen molar-refractivity contribution in [3.05, 3.63) is 48.7 Å². The van der Waals surface area contributed by atoms with Crippen LogP contribution in [-0.2, 0) is 13.1 Å². The highest BCUT2D eigenvalue weighted by atomic mass is 15.3. The number of aryl methyl sites for hydroxylation is 1. The maximum absolute atomic E-state index is 4.01. The summed E-state index contributed by atoms with van der Waals surface area (Å²) in [6.45, 7) is 5.95. The molecule has 0 aliphatic carbocycles. The second kappa shape index (κ2) is 6.10. The van der Waals surface area contributed by atoms with Crippen molar-refractivity contribution < 1.29 is 0 Å². The third kappa shape index (κ3) is 3.13. The molecule has 5 nitrogen and oxygen atoms in total. The van der Waals surface area contributed by atoms with Crippen LogP contribution in [0.25, 0.3) is 10.9 Å². The molecule has 0 fully saturated rings. The Morgan fingerprint density at radius 2 is 1.81 bits per heavy atom. The third-order valence-corrected chi connectivity index (χ3v) is 3.93. The molecule has 0 unspecified atom stereocenters. The van der Waals surface area contributed by atoms with E-state index in [0.717, 1.165) is 32.0 Å². The number of para-hydroxylation sites is 1. The van der Waals surface area contributed by atoms with Crippen LogP contribution >= 0.6 is 0 Å². The first-order valence-electron chi connectivity index (χ1n) is 7.31. The van der Waals surface area contributed by atoms with Gasteiger partial charge in [0.05, 0.1) is 0 Å². The van der Waals surface area contributed by atoms with Gasteiger partial charge in [-0.25, -0.2) is 0 Å². The van der Waals surface area contributed by atoms with Gasteiger partial charge in [-0.3, -0.25) is 0 Å². The predicted octanol–water partition coefficient (Wildman–Crippen LogP) is 2.17. The minimum Gasteiger partial charge on any atom is -0.346 e. The summed E-state index contributed by atoms with van der Waals surface area (Å²) in [5.74, 6) is 0.972. The molecule has 1 aromatic carbocycles. The molecule has 2 aromatic heterocycles. The molecule has 0 aliphatic rings. The summed E-state index contributed by atoms with van der Waals surface area (Å²) in [6.07, 6.45) is 3.96. The Labute approximate surface area is 124 Å². The van der Waals surface area contributed by atoms with Crippen LogP contribution in [0.4, 0.5) is 0 Å². The van der Waals surface area contributed by atoms with Crippen molar-refractivity contribution in [3.63, 3.8) is 0 Å². The van der Waals surface area contributed by atoms with Gasteiger partial charge in [-0.2, -0.15) is 0 Å². The Balaban J connectivity index is 1.54. The first-order chi connectivity index (χ1) is 10.2. The van der Waals surface area contributed by atoms with Crippen LogP contribution in [0.5, 0.6) is 0 Å². The van der Waals surface area contributed by atoms with Crippen LogP contribution in [0, 0.1) is 6.92 Å². The molecule has 0 radical (unpaired) electrons. The molecule has 0 saturated carbocycles. The number of aromatic nitrogens is 4. The Bertz CT molecular complexity index is 712. The molecular weight excluding hydrogens is 262 g/mol. The van der Waals surface area contributed by atoms with Crippen molar-refractivity contribution >= 4 is 10.9 Å². The normalized spacial score (nSPS) is 11.6. The smallest absolute Gasteiger partial charge is 0.129 e. The zero-order chi connectivity index (χ0) is 14.7. The Hall–Kier alpha value is -2.14. The van der Waals surface area contributed by atoms with Gasteiger partial charge in [-0.05, 0) is 31.5 Å². The van der Waals surface area contributed by atoms with Gasteiger partial charge in [-0.1, -0.05) is 18.2 Å². The van der Waals surface area contributed by atoms with Gasteiger partial charge in [0.25, 0.3) is 0 Å². The van der Waals surface area contributed by atoms with E-state index in [2.05, 4.69) is 67.8 Å². The fourth-order valence-electron chi connectivity index (χ4n) is 2.54. The number of nitrogens with zero attached hydrogens (tertiary/aromatic N) is 5. The summed E-state index contributed by atoms with van der Waals surface area (Å²) >= 11 is 0. The van der Waals surface area contributed by atoms with Gasteiger partial charge in [0, 0.05) is 37.9 Å². The highest BCUT2D eigenvalue weighted by molar-refractivity contribution is 5.79. The number of benzene rings is 1. The van der Waals surface area contributed by atoms with Gasteiger partial charge in [0.15, 0.2) is 0 Å². The van der Waals surface area contributed by atoms with Crippen molar-refractivity contribution in [2.75, 3.05) is 20.1 Å². The Kier molecular flexibility index (Phi) is 4.01. The average Bonchev–Trinajstić information content (AvgIpc) is 3.09. The lowest BCUT2D eigenvalue weighted by atomic mass is 10.2. The first kappa shape index (κ1) is 13.8. The van der Waals surface area contributed by atoms with Crippen LogP contribution in [0.2, 0.25) is 0 Å². The number of likely N-dealkylation sites (N-methyl/N-ethyl adjacent to an activating group) is 1. The molecule has 0 aliphatic heterocycles. The summed E-state index contributed by atoms with van der Waals surface area (Å²) in [6, 6.07) is 10.7. The lowest BCUT2D eigenvalue weighted by Crippen LogP contribution is -2.27. The van der Waals surface area contributed by atoms with Crippen LogP contribution in [0.15, 0.2) is 42.9 Å². The van der Waals surface area contributed by atoms with Gasteiger partial charge >= 0.3 is 0 Å². The molecule has 0 spiro atoms. The fourth-order valence-corrected chi connectivity index (χ4v) is 2.54. The fraction of sp³-hybridized carbons (Fsp3) is 0.375. The number of rotatable bonds is 6. The minimum absolute atomic E-state index is 0.932. The third-order valence-electron chi connectivity index (χ3n) is 3.93. The van der Waals surface area contributed by atoms with Crippen molar-refractivity contribution in [1.29, 1.82) is 0 Å². The molecule has 5 heteroatoms. The maximum atomic E-state index is 4.01. The van der Waals surface area contributed by atoms with E-state index in [4.69, 9.17) is 0 Å². The van der Waals surface area contributed by atoms with Crippen molar-refractivity contribution in [2.45, 2.75) is 20.0 Å². The highest BCUT2D eigenvalue weighted by Gasteiger charge is 2.04. The van der Waals surface area contributed by atoms with E-state index in [1.807, 2.05) is 6.92 Å². The summed E-state index contributed by atoms with van der Waals surface area (Å²) in [5, 5.41) is 9.22. The Morgan fingerprint density at radius 3 is 2.57 bits per heavy atom. The monoisotopic (exact) mass is 283 g/mol. The van der Waals surface area contributed by atoms with Crippen molar-refractivity contribution in [3.8, 4) is 0 Å². The second-order valence-electron chi connectivity index (χ2n) is 5.44. The van der Waals surface area contributed by atoms with Gasteiger partial charge < -0.3 is 14.0 Å². The van der Waals surface area contributed by atoms with E-state index in [0.29, 0.717) is 0 Å². The molecule has 2 heterocycles. The molecular formula is C16H21N5. The molecule has 110 valence electrons. The van der Waals surface area contributed by atoms with Crippen molar-refractivity contribution in [1.82, 2.24) is 24.2 Å². The van der Waals surface area contributed by atoms with E-state index in [9.17, 15) is 0 Å².